The van der Waals surface area contributed by atoms with Crippen LogP contribution < -0.4 is 20.0 Å². The summed E-state index contributed by atoms with van der Waals surface area (Å²) < 4.78 is 10.1. The van der Waals surface area contributed by atoms with Crippen LogP contribution in [0.25, 0.3) is 139 Å². The average molecular weight is 1670 g/mol. The molecule has 4 aromatic heterocycles. The number of hydrogen-bond acceptors (Lipinski definition) is 6. The van der Waals surface area contributed by atoms with Gasteiger partial charge in [-0.05, 0) is 262 Å². The van der Waals surface area contributed by atoms with E-state index < -0.39 is 0 Å². The van der Waals surface area contributed by atoms with E-state index in [2.05, 4.69) is 466 Å². The quantitative estimate of drug-likeness (QED) is 0.111. The molecular formula is C117H83ClN6S2. The van der Waals surface area contributed by atoms with Crippen molar-refractivity contribution >= 4 is 202 Å². The molecule has 4 heterocycles. The highest BCUT2D eigenvalue weighted by atomic mass is 35.5. The maximum Gasteiger partial charge on any atom is 0.0547 e. The first-order chi connectivity index (χ1) is 61.9. The molecule has 600 valence electrons. The fourth-order valence-electron chi connectivity index (χ4n) is 18.1. The van der Waals surface area contributed by atoms with E-state index in [0.29, 0.717) is 5.02 Å². The third-order valence-electron chi connectivity index (χ3n) is 23.7. The molecule has 20 aromatic carbocycles. The number of nitrogens with zero attached hydrogens (tertiary/aromatic N) is 5. The van der Waals surface area contributed by atoms with Crippen molar-refractivity contribution < 1.29 is 0 Å². The molecule has 6 nitrogen and oxygen atoms in total. The number of rotatable bonds is 15. The van der Waals surface area contributed by atoms with Gasteiger partial charge in [0.15, 0.2) is 0 Å². The van der Waals surface area contributed by atoms with Crippen LogP contribution in [0.3, 0.4) is 0 Å². The second kappa shape index (κ2) is 34.0. The zero-order valence-corrected chi connectivity index (χ0v) is 70.4. The number of para-hydroxylation sites is 8. The normalized spacial score (nSPS) is 11.3. The Morgan fingerprint density at radius 2 is 0.548 bits per heavy atom. The average Bonchev–Trinajstić information content (AvgIpc) is 1.57. The number of halogens is 1. The van der Waals surface area contributed by atoms with Crippen LogP contribution in [0.15, 0.2) is 473 Å². The van der Waals surface area contributed by atoms with Gasteiger partial charge in [-0.15, -0.1) is 22.7 Å². The van der Waals surface area contributed by atoms with Crippen LogP contribution in [-0.2, 0) is 0 Å². The van der Waals surface area contributed by atoms with Gasteiger partial charge in [0.05, 0.1) is 22.1 Å². The molecule has 0 aliphatic heterocycles. The van der Waals surface area contributed by atoms with Crippen LogP contribution in [0.1, 0.15) is 7.43 Å². The first-order valence-corrected chi connectivity index (χ1v) is 44.2. The molecule has 24 aromatic rings. The Morgan fingerprint density at radius 3 is 0.992 bits per heavy atom. The number of nitrogens with one attached hydrogen (secondary N) is 1. The van der Waals surface area contributed by atoms with Crippen molar-refractivity contribution in [3.05, 3.63) is 478 Å². The van der Waals surface area contributed by atoms with Gasteiger partial charge in [-0.2, -0.15) is 0 Å². The largest absolute Gasteiger partial charge is 0.356 e. The fraction of sp³-hybridized carbons (Fsp3) is 0.00855. The van der Waals surface area contributed by atoms with Gasteiger partial charge in [0.2, 0.25) is 0 Å². The second-order valence-electron chi connectivity index (χ2n) is 31.4. The second-order valence-corrected chi connectivity index (χ2v) is 34.0. The highest BCUT2D eigenvalue weighted by molar-refractivity contribution is 7.26. The van der Waals surface area contributed by atoms with Gasteiger partial charge < -0.3 is 29.2 Å². The minimum Gasteiger partial charge on any atom is -0.356 e. The third kappa shape index (κ3) is 14.8. The van der Waals surface area contributed by atoms with Gasteiger partial charge in [0.25, 0.3) is 0 Å². The van der Waals surface area contributed by atoms with E-state index in [4.69, 9.17) is 11.6 Å². The molecule has 0 unspecified atom stereocenters. The van der Waals surface area contributed by atoms with Gasteiger partial charge >= 0.3 is 0 Å². The summed E-state index contributed by atoms with van der Waals surface area (Å²) in [5.74, 6) is 0. The lowest BCUT2D eigenvalue weighted by molar-refractivity contribution is 1.18. The highest BCUT2D eigenvalue weighted by Crippen LogP contribution is 2.49. The maximum absolute atomic E-state index is 6.86. The lowest BCUT2D eigenvalue weighted by Crippen LogP contribution is -2.13. The van der Waals surface area contributed by atoms with E-state index in [-0.39, 0.29) is 7.43 Å². The first-order valence-electron chi connectivity index (χ1n) is 42.2. The summed E-state index contributed by atoms with van der Waals surface area (Å²) >= 11 is 10.6. The Morgan fingerprint density at radius 1 is 0.206 bits per heavy atom. The Hall–Kier alpha value is -15.6. The number of anilines is 11. The Labute approximate surface area is 745 Å². The van der Waals surface area contributed by atoms with Gasteiger partial charge in [-0.25, -0.2) is 0 Å². The summed E-state index contributed by atoms with van der Waals surface area (Å²) in [4.78, 5) is 7.04. The lowest BCUT2D eigenvalue weighted by Gasteiger charge is -2.30. The molecule has 0 radical (unpaired) electrons. The third-order valence-corrected chi connectivity index (χ3v) is 26.2. The smallest absolute Gasteiger partial charge is 0.0547 e. The molecule has 0 aliphatic rings. The summed E-state index contributed by atoms with van der Waals surface area (Å²) in [6, 6.07) is 169. The van der Waals surface area contributed by atoms with Crippen LogP contribution in [0.5, 0.6) is 0 Å². The van der Waals surface area contributed by atoms with Crippen molar-refractivity contribution in [2.45, 2.75) is 7.43 Å². The van der Waals surface area contributed by atoms with Crippen molar-refractivity contribution in [3.63, 3.8) is 0 Å². The topological polar surface area (TPSA) is 31.6 Å². The van der Waals surface area contributed by atoms with E-state index in [1.165, 1.54) is 106 Å². The molecule has 126 heavy (non-hydrogen) atoms. The number of fused-ring (bicyclic) bond motifs is 16. The lowest BCUT2D eigenvalue weighted by atomic mass is 9.98. The zero-order chi connectivity index (χ0) is 83.1. The number of benzene rings is 20. The SMILES string of the molecule is C.Clc1cc(-c2ccc3c(c2)c2c4ccccc4ccc2n3-c2ccccc2)cc(N(c2ccccc2)c2ccccc2)c1.c1ccc(N(c2ccccc2)c2cc(-c3ccc4c(c3)c3c5ccccc5ccc3n4-c3ccccc3)cc(N(c3ccccc3)c3ccc4sc5ccccc5c4c3)c2)cc1.c1ccc(Nc2ccc3sc4ccccc4c3c2)cc1. The van der Waals surface area contributed by atoms with Crippen LogP contribution in [0.4, 0.5) is 62.6 Å². The van der Waals surface area contributed by atoms with E-state index in [9.17, 15) is 0 Å². The van der Waals surface area contributed by atoms with Gasteiger partial charge in [-0.3, -0.25) is 0 Å². The summed E-state index contributed by atoms with van der Waals surface area (Å²) in [5, 5.41) is 19.3. The summed E-state index contributed by atoms with van der Waals surface area (Å²) in [5.41, 5.74) is 23.4. The fourth-order valence-corrected chi connectivity index (χ4v) is 20.5. The van der Waals surface area contributed by atoms with Crippen molar-refractivity contribution in [1.29, 1.82) is 0 Å². The molecule has 0 atom stereocenters. The summed E-state index contributed by atoms with van der Waals surface area (Å²) in [6.07, 6.45) is 0. The van der Waals surface area contributed by atoms with E-state index >= 15 is 0 Å². The van der Waals surface area contributed by atoms with Crippen LogP contribution in [-0.4, -0.2) is 9.13 Å². The molecule has 1 N–H and O–H groups in total. The van der Waals surface area contributed by atoms with Crippen LogP contribution in [0.2, 0.25) is 5.02 Å². The molecule has 0 aliphatic carbocycles. The van der Waals surface area contributed by atoms with Crippen LogP contribution in [0, 0.1) is 0 Å². The maximum atomic E-state index is 6.86. The highest BCUT2D eigenvalue weighted by Gasteiger charge is 2.25. The Bertz CT molecular complexity index is 8000. The molecule has 0 bridgehead atoms. The number of aromatic nitrogens is 2. The summed E-state index contributed by atoms with van der Waals surface area (Å²) in [7, 11) is 0. The molecule has 24 rings (SSSR count). The molecular weight excluding hydrogens is 1590 g/mol. The number of hydrogen-bond donors (Lipinski definition) is 1. The number of thiophene rings is 2. The van der Waals surface area contributed by atoms with Crippen molar-refractivity contribution in [2.75, 3.05) is 20.0 Å². The van der Waals surface area contributed by atoms with E-state index in [1.807, 2.05) is 59.1 Å². The van der Waals surface area contributed by atoms with Crippen LogP contribution >= 0.6 is 34.3 Å². The molecule has 0 saturated carbocycles. The molecule has 0 fully saturated rings. The summed E-state index contributed by atoms with van der Waals surface area (Å²) in [6.45, 7) is 0. The first kappa shape index (κ1) is 77.8. The van der Waals surface area contributed by atoms with Gasteiger partial charge in [0, 0.05) is 141 Å². The molecule has 0 spiro atoms. The standard InChI is InChI=1S/C58H39N3S.C40H27ClN2.C18H13NS.CH4/c1-5-18-43(19-6-1)59(44-20-7-2-8-21-44)48-35-42(36-49(38-48)60(45-22-9-3-10-23-45)47-31-34-57-52(39-47)51-27-15-16-28-56(51)62-57)41-30-32-54-53(37-41)58-50-26-14-13-17-40(50)29-33-55(58)61(54)46-24-11-4-12-25-46;41-31-24-30(25-35(27-31)42(32-13-4-1-5-14-32)33-15-6-2-7-16-33)29-21-22-38-37(26-29)40-36-19-11-10-12-28(36)20-23-39(40)43(38)34-17-8-3-9-18-34;1-2-6-13(7-3-1)19-14-10-11-18-16(12-14)15-8-4-5-9-17(15)20-18;/h1-39H;1-27H;1-12,19H;1H4. The van der Waals surface area contributed by atoms with Crippen molar-refractivity contribution in [1.82, 2.24) is 9.13 Å². The monoisotopic (exact) mass is 1670 g/mol. The molecule has 0 amide bonds. The van der Waals surface area contributed by atoms with Gasteiger partial charge in [0.1, 0.15) is 0 Å². The van der Waals surface area contributed by atoms with E-state index in [1.54, 1.807) is 0 Å². The Kier molecular flexibility index (Phi) is 21.0. The Balaban J connectivity index is 0.000000130. The van der Waals surface area contributed by atoms with Gasteiger partial charge in [-0.1, -0.05) is 274 Å². The predicted octanol–water partition coefficient (Wildman–Crippen LogP) is 35.1. The zero-order valence-electron chi connectivity index (χ0n) is 68.0. The molecule has 0 saturated heterocycles. The van der Waals surface area contributed by atoms with Crippen molar-refractivity contribution in [2.24, 2.45) is 0 Å². The minimum absolute atomic E-state index is 0. The predicted molar refractivity (Wildman–Crippen MR) is 545 cm³/mol. The van der Waals surface area contributed by atoms with E-state index in [0.717, 1.165) is 96.2 Å². The van der Waals surface area contributed by atoms with Crippen molar-refractivity contribution in [3.8, 4) is 33.6 Å². The minimum atomic E-state index is 0. The molecule has 9 heteroatoms.